The Morgan fingerprint density at radius 1 is 1.33 bits per heavy atom. The molecule has 0 amide bonds. The molecule has 1 saturated carbocycles. The molecule has 4 heteroatoms. The average molecular weight is 247 g/mol. The standard InChI is InChI=1S/C14H17NO3/c1-10-2-7-14(16)12(8-10)9-11-3-5-13(6-4-11)15(17)18/h3-6,10,12H,2,7-9H2,1H3. The maximum atomic E-state index is 11.8. The molecular weight excluding hydrogens is 230 g/mol. The smallest absolute Gasteiger partial charge is 0.269 e. The second kappa shape index (κ2) is 5.29. The molecule has 18 heavy (non-hydrogen) atoms. The van der Waals surface area contributed by atoms with Gasteiger partial charge in [-0.2, -0.15) is 0 Å². The molecule has 1 fully saturated rings. The lowest BCUT2D eigenvalue weighted by Gasteiger charge is -2.25. The van der Waals surface area contributed by atoms with Gasteiger partial charge in [-0.25, -0.2) is 0 Å². The number of carbonyl (C=O) groups is 1. The third-order valence-electron chi connectivity index (χ3n) is 3.66. The number of nitrogens with zero attached hydrogens (tertiary/aromatic N) is 1. The van der Waals surface area contributed by atoms with Crippen LogP contribution in [0.1, 0.15) is 31.7 Å². The lowest BCUT2D eigenvalue weighted by atomic mass is 9.78. The van der Waals surface area contributed by atoms with E-state index in [4.69, 9.17) is 0 Å². The molecule has 1 aliphatic rings. The van der Waals surface area contributed by atoms with Gasteiger partial charge in [-0.05, 0) is 30.7 Å². The van der Waals surface area contributed by atoms with Crippen LogP contribution in [0.5, 0.6) is 0 Å². The van der Waals surface area contributed by atoms with Crippen LogP contribution in [0.3, 0.4) is 0 Å². The van der Waals surface area contributed by atoms with Gasteiger partial charge in [-0.15, -0.1) is 0 Å². The number of ketones is 1. The van der Waals surface area contributed by atoms with Crippen LogP contribution < -0.4 is 0 Å². The summed E-state index contributed by atoms with van der Waals surface area (Å²) in [6.07, 6.45) is 3.32. The summed E-state index contributed by atoms with van der Waals surface area (Å²) in [4.78, 5) is 22.0. The van der Waals surface area contributed by atoms with Crippen molar-refractivity contribution in [1.82, 2.24) is 0 Å². The van der Waals surface area contributed by atoms with Crippen LogP contribution in [0.4, 0.5) is 5.69 Å². The molecule has 0 aromatic heterocycles. The molecule has 0 bridgehead atoms. The first-order chi connectivity index (χ1) is 8.56. The molecule has 1 aromatic carbocycles. The van der Waals surface area contributed by atoms with Crippen molar-refractivity contribution in [3.63, 3.8) is 0 Å². The Morgan fingerprint density at radius 2 is 2.00 bits per heavy atom. The van der Waals surface area contributed by atoms with Gasteiger partial charge >= 0.3 is 0 Å². The minimum Gasteiger partial charge on any atom is -0.299 e. The molecule has 96 valence electrons. The van der Waals surface area contributed by atoms with Gasteiger partial charge in [0.05, 0.1) is 4.92 Å². The van der Waals surface area contributed by atoms with Crippen LogP contribution in [0.25, 0.3) is 0 Å². The predicted octanol–water partition coefficient (Wildman–Crippen LogP) is 3.14. The lowest BCUT2D eigenvalue weighted by molar-refractivity contribution is -0.384. The van der Waals surface area contributed by atoms with E-state index in [-0.39, 0.29) is 11.6 Å². The van der Waals surface area contributed by atoms with Crippen LogP contribution in [0.15, 0.2) is 24.3 Å². The zero-order valence-electron chi connectivity index (χ0n) is 10.5. The third kappa shape index (κ3) is 2.94. The number of hydrogen-bond donors (Lipinski definition) is 0. The quantitative estimate of drug-likeness (QED) is 0.609. The van der Waals surface area contributed by atoms with E-state index >= 15 is 0 Å². The molecular formula is C14H17NO3. The number of carbonyl (C=O) groups excluding carboxylic acids is 1. The van der Waals surface area contributed by atoms with Crippen LogP contribution >= 0.6 is 0 Å². The molecule has 0 N–H and O–H groups in total. The largest absolute Gasteiger partial charge is 0.299 e. The van der Waals surface area contributed by atoms with Crippen molar-refractivity contribution in [2.24, 2.45) is 11.8 Å². The Bertz CT molecular complexity index is 453. The fraction of sp³-hybridized carbons (Fsp3) is 0.500. The van der Waals surface area contributed by atoms with Crippen molar-refractivity contribution >= 4 is 11.5 Å². The average Bonchev–Trinajstić information content (AvgIpc) is 2.34. The van der Waals surface area contributed by atoms with E-state index in [2.05, 4.69) is 6.92 Å². The molecule has 2 unspecified atom stereocenters. The fourth-order valence-electron chi connectivity index (χ4n) is 2.56. The van der Waals surface area contributed by atoms with Gasteiger partial charge in [-0.3, -0.25) is 14.9 Å². The summed E-state index contributed by atoms with van der Waals surface area (Å²) in [5.74, 6) is 1.03. The molecule has 0 heterocycles. The predicted molar refractivity (Wildman–Crippen MR) is 68.3 cm³/mol. The van der Waals surface area contributed by atoms with Gasteiger partial charge in [0.1, 0.15) is 5.78 Å². The number of non-ortho nitro benzene ring substituents is 1. The van der Waals surface area contributed by atoms with E-state index in [1.807, 2.05) is 0 Å². The molecule has 0 spiro atoms. The minimum absolute atomic E-state index is 0.0928. The highest BCUT2D eigenvalue weighted by Crippen LogP contribution is 2.28. The summed E-state index contributed by atoms with van der Waals surface area (Å²) >= 11 is 0. The first-order valence-electron chi connectivity index (χ1n) is 6.32. The third-order valence-corrected chi connectivity index (χ3v) is 3.66. The van der Waals surface area contributed by atoms with Crippen molar-refractivity contribution in [3.8, 4) is 0 Å². The molecule has 0 aliphatic heterocycles. The molecule has 2 atom stereocenters. The van der Waals surface area contributed by atoms with Crippen LogP contribution in [-0.2, 0) is 11.2 Å². The second-order valence-corrected chi connectivity index (χ2v) is 5.17. The molecule has 4 nitrogen and oxygen atoms in total. The molecule has 0 radical (unpaired) electrons. The van der Waals surface area contributed by atoms with Crippen molar-refractivity contribution < 1.29 is 9.72 Å². The summed E-state index contributed by atoms with van der Waals surface area (Å²) in [6.45, 7) is 2.18. The van der Waals surface area contributed by atoms with E-state index in [0.717, 1.165) is 18.4 Å². The maximum Gasteiger partial charge on any atom is 0.269 e. The van der Waals surface area contributed by atoms with Gasteiger partial charge in [0.15, 0.2) is 0 Å². The number of Topliss-reactive ketones (excluding diaryl/α,β-unsaturated/α-hetero) is 1. The number of benzene rings is 1. The number of hydrogen-bond acceptors (Lipinski definition) is 3. The molecule has 1 aromatic rings. The SMILES string of the molecule is CC1CCC(=O)C(Cc2ccc([N+](=O)[O-])cc2)C1. The van der Waals surface area contributed by atoms with Crippen LogP contribution in [-0.4, -0.2) is 10.7 Å². The first-order valence-corrected chi connectivity index (χ1v) is 6.32. The monoisotopic (exact) mass is 247 g/mol. The number of rotatable bonds is 3. The van der Waals surface area contributed by atoms with Crippen LogP contribution in [0.2, 0.25) is 0 Å². The van der Waals surface area contributed by atoms with E-state index in [1.54, 1.807) is 12.1 Å². The summed E-state index contributed by atoms with van der Waals surface area (Å²) < 4.78 is 0. The minimum atomic E-state index is -0.405. The number of nitro benzene ring substituents is 1. The highest BCUT2D eigenvalue weighted by Gasteiger charge is 2.26. The topological polar surface area (TPSA) is 60.2 Å². The zero-order valence-corrected chi connectivity index (χ0v) is 10.5. The Kier molecular flexibility index (Phi) is 3.75. The maximum absolute atomic E-state index is 11.8. The highest BCUT2D eigenvalue weighted by atomic mass is 16.6. The lowest BCUT2D eigenvalue weighted by Crippen LogP contribution is -2.25. The molecule has 1 aliphatic carbocycles. The second-order valence-electron chi connectivity index (χ2n) is 5.17. The Morgan fingerprint density at radius 3 is 2.61 bits per heavy atom. The summed E-state index contributed by atoms with van der Waals surface area (Å²) in [6, 6.07) is 6.52. The molecule has 0 saturated heterocycles. The zero-order chi connectivity index (χ0) is 13.1. The van der Waals surface area contributed by atoms with Gasteiger partial charge in [0.2, 0.25) is 0 Å². The van der Waals surface area contributed by atoms with Gasteiger partial charge in [0.25, 0.3) is 5.69 Å². The summed E-state index contributed by atoms with van der Waals surface area (Å²) in [7, 11) is 0. The number of nitro groups is 1. The van der Waals surface area contributed by atoms with Gasteiger partial charge in [-0.1, -0.05) is 19.1 Å². The van der Waals surface area contributed by atoms with Crippen molar-refractivity contribution in [3.05, 3.63) is 39.9 Å². The van der Waals surface area contributed by atoms with E-state index in [1.165, 1.54) is 12.1 Å². The molecule has 2 rings (SSSR count). The van der Waals surface area contributed by atoms with Crippen molar-refractivity contribution in [1.29, 1.82) is 0 Å². The normalized spacial score (nSPS) is 23.9. The Balaban J connectivity index is 2.04. The van der Waals surface area contributed by atoms with Crippen LogP contribution in [0, 0.1) is 22.0 Å². The van der Waals surface area contributed by atoms with E-state index < -0.39 is 4.92 Å². The fourth-order valence-corrected chi connectivity index (χ4v) is 2.56. The first kappa shape index (κ1) is 12.7. The Labute approximate surface area is 106 Å². The highest BCUT2D eigenvalue weighted by molar-refractivity contribution is 5.82. The van der Waals surface area contributed by atoms with E-state index in [9.17, 15) is 14.9 Å². The summed E-state index contributed by atoms with van der Waals surface area (Å²) in [5, 5.41) is 10.5. The Hall–Kier alpha value is -1.71. The van der Waals surface area contributed by atoms with E-state index in [0.29, 0.717) is 24.5 Å². The summed E-state index contributed by atoms with van der Waals surface area (Å²) in [5.41, 5.74) is 1.11. The van der Waals surface area contributed by atoms with Crippen molar-refractivity contribution in [2.45, 2.75) is 32.6 Å². The van der Waals surface area contributed by atoms with Gasteiger partial charge < -0.3 is 0 Å². The van der Waals surface area contributed by atoms with Crippen molar-refractivity contribution in [2.75, 3.05) is 0 Å². The van der Waals surface area contributed by atoms with Gasteiger partial charge in [0, 0.05) is 24.5 Å².